The van der Waals surface area contributed by atoms with Crippen LogP contribution in [-0.4, -0.2) is 25.5 Å². The monoisotopic (exact) mass is 370 g/mol. The second kappa shape index (κ2) is 6.51. The number of carbonyl (C=O) groups excluding carboxylic acids is 1. The lowest BCUT2D eigenvalue weighted by Crippen LogP contribution is -2.48. The number of benzene rings is 1. The van der Waals surface area contributed by atoms with Crippen molar-refractivity contribution in [1.29, 1.82) is 0 Å². The summed E-state index contributed by atoms with van der Waals surface area (Å²) in [6.45, 7) is 2.54. The minimum absolute atomic E-state index is 0. The van der Waals surface area contributed by atoms with Crippen molar-refractivity contribution >= 4 is 40.9 Å². The minimum atomic E-state index is -0.379. The second-order valence-corrected chi connectivity index (χ2v) is 5.02. The topological polar surface area (TPSA) is 41.1 Å². The van der Waals surface area contributed by atoms with Crippen LogP contribution in [0.15, 0.2) is 18.2 Å². The summed E-state index contributed by atoms with van der Waals surface area (Å²) >= 11 is 2.03. The molecule has 0 atom stereocenters. The summed E-state index contributed by atoms with van der Waals surface area (Å²) in [5.74, 6) is -0.0677. The molecule has 1 aromatic carbocycles. The Hall–Kier alpha value is -0.400. The molecule has 0 saturated carbocycles. The highest BCUT2D eigenvalue weighted by molar-refractivity contribution is 14.1. The Kier molecular flexibility index (Phi) is 5.61. The Balaban J connectivity index is 0.00000144. The van der Waals surface area contributed by atoms with Gasteiger partial charge in [-0.1, -0.05) is 0 Å². The summed E-state index contributed by atoms with van der Waals surface area (Å²) in [7, 11) is 0. The average Bonchev–Trinajstić information content (AvgIpc) is 2.19. The van der Waals surface area contributed by atoms with E-state index in [-0.39, 0.29) is 24.1 Å². The summed E-state index contributed by atoms with van der Waals surface area (Å²) < 4.78 is 13.8. The maximum atomic E-state index is 13.0. The minimum Gasteiger partial charge on any atom is -0.352 e. The SMILES string of the molecule is Cl.O=C(NCC1CNC1)c1cc(F)ccc1I. The predicted molar refractivity (Wildman–Crippen MR) is 75.1 cm³/mol. The molecule has 1 aromatic rings. The van der Waals surface area contributed by atoms with Crippen molar-refractivity contribution in [3.05, 3.63) is 33.1 Å². The number of halogens is 3. The molecule has 1 aliphatic rings. The zero-order chi connectivity index (χ0) is 11.5. The smallest absolute Gasteiger partial charge is 0.252 e. The average molecular weight is 371 g/mol. The van der Waals surface area contributed by atoms with Gasteiger partial charge in [0.2, 0.25) is 0 Å². The zero-order valence-electron chi connectivity index (χ0n) is 9.00. The molecular formula is C11H13ClFIN2O. The number of rotatable bonds is 3. The van der Waals surface area contributed by atoms with Crippen LogP contribution in [0.5, 0.6) is 0 Å². The van der Waals surface area contributed by atoms with Crippen molar-refractivity contribution in [2.75, 3.05) is 19.6 Å². The van der Waals surface area contributed by atoms with Gasteiger partial charge in [0.05, 0.1) is 5.56 Å². The van der Waals surface area contributed by atoms with Crippen LogP contribution >= 0.6 is 35.0 Å². The lowest BCUT2D eigenvalue weighted by molar-refractivity contribution is 0.0941. The van der Waals surface area contributed by atoms with E-state index in [1.807, 2.05) is 22.6 Å². The number of hydrogen-bond donors (Lipinski definition) is 2. The number of hydrogen-bond acceptors (Lipinski definition) is 2. The molecule has 6 heteroatoms. The molecule has 0 aliphatic carbocycles. The van der Waals surface area contributed by atoms with Gasteiger partial charge in [-0.3, -0.25) is 4.79 Å². The van der Waals surface area contributed by atoms with Crippen LogP contribution < -0.4 is 10.6 Å². The molecule has 0 unspecified atom stereocenters. The van der Waals surface area contributed by atoms with E-state index in [0.717, 1.165) is 16.7 Å². The Morgan fingerprint density at radius 3 is 2.82 bits per heavy atom. The molecule has 0 radical (unpaired) electrons. The Labute approximate surface area is 119 Å². The number of amides is 1. The number of nitrogens with one attached hydrogen (secondary N) is 2. The van der Waals surface area contributed by atoms with Gasteiger partial charge in [0.15, 0.2) is 0 Å². The predicted octanol–water partition coefficient (Wildman–Crippen LogP) is 1.80. The van der Waals surface area contributed by atoms with Crippen molar-refractivity contribution < 1.29 is 9.18 Å². The van der Waals surface area contributed by atoms with Crippen LogP contribution in [0.2, 0.25) is 0 Å². The van der Waals surface area contributed by atoms with E-state index >= 15 is 0 Å². The quantitative estimate of drug-likeness (QED) is 0.797. The molecule has 0 spiro atoms. The highest BCUT2D eigenvalue weighted by Gasteiger charge is 2.18. The standard InChI is InChI=1S/C11H12FIN2O.ClH/c12-8-1-2-10(13)9(3-8)11(16)15-6-7-4-14-5-7;/h1-3,7,14H,4-6H2,(H,15,16);1H. The van der Waals surface area contributed by atoms with E-state index in [0.29, 0.717) is 18.0 Å². The summed E-state index contributed by atoms with van der Waals surface area (Å²) in [4.78, 5) is 11.8. The fraction of sp³-hybridized carbons (Fsp3) is 0.364. The molecule has 2 N–H and O–H groups in total. The fourth-order valence-electron chi connectivity index (χ4n) is 1.50. The third kappa shape index (κ3) is 3.79. The molecule has 94 valence electrons. The van der Waals surface area contributed by atoms with Gasteiger partial charge < -0.3 is 10.6 Å². The normalized spacial score (nSPS) is 14.7. The van der Waals surface area contributed by atoms with Gasteiger partial charge in [0, 0.05) is 29.1 Å². The molecule has 1 aliphatic heterocycles. The van der Waals surface area contributed by atoms with Crippen LogP contribution in [0.1, 0.15) is 10.4 Å². The summed E-state index contributed by atoms with van der Waals surface area (Å²) in [5.41, 5.74) is 0.410. The van der Waals surface area contributed by atoms with Crippen LogP contribution in [0, 0.1) is 15.3 Å². The van der Waals surface area contributed by atoms with E-state index in [2.05, 4.69) is 10.6 Å². The van der Waals surface area contributed by atoms with Crippen molar-refractivity contribution in [1.82, 2.24) is 10.6 Å². The van der Waals surface area contributed by atoms with E-state index in [1.165, 1.54) is 12.1 Å². The molecule has 1 saturated heterocycles. The molecule has 0 aromatic heterocycles. The van der Waals surface area contributed by atoms with Crippen LogP contribution in [0.4, 0.5) is 4.39 Å². The first-order valence-electron chi connectivity index (χ1n) is 5.11. The lowest BCUT2D eigenvalue weighted by Gasteiger charge is -2.27. The molecule has 1 amide bonds. The van der Waals surface area contributed by atoms with Crippen molar-refractivity contribution in [3.8, 4) is 0 Å². The zero-order valence-corrected chi connectivity index (χ0v) is 12.0. The third-order valence-corrected chi connectivity index (χ3v) is 3.53. The lowest BCUT2D eigenvalue weighted by atomic mass is 10.0. The highest BCUT2D eigenvalue weighted by atomic mass is 127. The summed E-state index contributed by atoms with van der Waals surface area (Å²) in [6, 6.07) is 4.24. The Bertz CT molecular complexity index is 412. The van der Waals surface area contributed by atoms with E-state index in [1.54, 1.807) is 6.07 Å². The van der Waals surface area contributed by atoms with E-state index < -0.39 is 0 Å². The number of carbonyl (C=O) groups is 1. The summed E-state index contributed by atoms with van der Waals surface area (Å²) in [6.07, 6.45) is 0. The van der Waals surface area contributed by atoms with Crippen LogP contribution in [0.3, 0.4) is 0 Å². The highest BCUT2D eigenvalue weighted by Crippen LogP contribution is 2.14. The van der Waals surface area contributed by atoms with E-state index in [4.69, 9.17) is 0 Å². The first-order chi connectivity index (χ1) is 7.66. The molecule has 1 heterocycles. The Morgan fingerprint density at radius 2 is 2.24 bits per heavy atom. The van der Waals surface area contributed by atoms with Crippen molar-refractivity contribution in [3.63, 3.8) is 0 Å². The molecular weight excluding hydrogens is 357 g/mol. The van der Waals surface area contributed by atoms with Gasteiger partial charge in [-0.15, -0.1) is 12.4 Å². The Morgan fingerprint density at radius 1 is 1.53 bits per heavy atom. The third-order valence-electron chi connectivity index (χ3n) is 2.59. The summed E-state index contributed by atoms with van der Waals surface area (Å²) in [5, 5.41) is 5.95. The fourth-order valence-corrected chi connectivity index (χ4v) is 2.08. The molecule has 3 nitrogen and oxygen atoms in total. The van der Waals surface area contributed by atoms with Crippen molar-refractivity contribution in [2.45, 2.75) is 0 Å². The van der Waals surface area contributed by atoms with Gasteiger partial charge in [-0.2, -0.15) is 0 Å². The van der Waals surface area contributed by atoms with Gasteiger partial charge in [0.25, 0.3) is 5.91 Å². The first kappa shape index (κ1) is 14.7. The van der Waals surface area contributed by atoms with Gasteiger partial charge in [0.1, 0.15) is 5.82 Å². The van der Waals surface area contributed by atoms with Crippen LogP contribution in [0.25, 0.3) is 0 Å². The molecule has 0 bridgehead atoms. The van der Waals surface area contributed by atoms with E-state index in [9.17, 15) is 9.18 Å². The largest absolute Gasteiger partial charge is 0.352 e. The maximum Gasteiger partial charge on any atom is 0.252 e. The molecule has 1 fully saturated rings. The second-order valence-electron chi connectivity index (χ2n) is 3.86. The molecule has 17 heavy (non-hydrogen) atoms. The van der Waals surface area contributed by atoms with Gasteiger partial charge in [-0.25, -0.2) is 4.39 Å². The van der Waals surface area contributed by atoms with Crippen molar-refractivity contribution in [2.24, 2.45) is 5.92 Å². The van der Waals surface area contributed by atoms with Gasteiger partial charge in [-0.05, 0) is 40.8 Å². The van der Waals surface area contributed by atoms with Gasteiger partial charge >= 0.3 is 0 Å². The first-order valence-corrected chi connectivity index (χ1v) is 6.18. The maximum absolute atomic E-state index is 13.0. The molecule has 2 rings (SSSR count). The van der Waals surface area contributed by atoms with Crippen LogP contribution in [-0.2, 0) is 0 Å².